The number of imidazole rings is 1. The van der Waals surface area contributed by atoms with E-state index in [0.29, 0.717) is 0 Å². The van der Waals surface area contributed by atoms with Crippen LogP contribution in [-0.2, 0) is 19.9 Å². The molecule has 0 aromatic carbocycles. The summed E-state index contributed by atoms with van der Waals surface area (Å²) in [6, 6.07) is 0. The summed E-state index contributed by atoms with van der Waals surface area (Å²) in [5.41, 5.74) is 2.47. The Morgan fingerprint density at radius 1 is 1.35 bits per heavy atom. The fourth-order valence-electron chi connectivity index (χ4n) is 2.32. The molecule has 2 heterocycles. The molecule has 2 aromatic heterocycles. The number of aromatic nitrogens is 4. The predicted octanol–water partition coefficient (Wildman–Crippen LogP) is 2.42. The van der Waals surface area contributed by atoms with Crippen molar-refractivity contribution < 1.29 is 0 Å². The second kappa shape index (κ2) is 4.07. The zero-order chi connectivity index (χ0) is 11.8. The molecule has 0 spiro atoms. The van der Waals surface area contributed by atoms with Gasteiger partial charge in [-0.3, -0.25) is 0 Å². The van der Waals surface area contributed by atoms with Gasteiger partial charge in [0.1, 0.15) is 4.64 Å². The molecule has 0 bridgehead atoms. The number of nitrogens with one attached hydrogen (secondary N) is 1. The minimum absolute atomic E-state index is 0.733. The van der Waals surface area contributed by atoms with Crippen molar-refractivity contribution in [1.82, 2.24) is 19.5 Å². The minimum atomic E-state index is 0.733. The van der Waals surface area contributed by atoms with Crippen LogP contribution in [0.3, 0.4) is 0 Å². The van der Waals surface area contributed by atoms with Crippen molar-refractivity contribution in [2.75, 3.05) is 0 Å². The van der Waals surface area contributed by atoms with Gasteiger partial charge in [-0.05, 0) is 25.7 Å². The Morgan fingerprint density at radius 3 is 2.94 bits per heavy atom. The highest BCUT2D eigenvalue weighted by Crippen LogP contribution is 2.22. The average molecular weight is 246 g/mol. The van der Waals surface area contributed by atoms with Gasteiger partial charge < -0.3 is 9.55 Å². The maximum Gasteiger partial charge on any atom is 0.175 e. The van der Waals surface area contributed by atoms with Crippen molar-refractivity contribution in [3.05, 3.63) is 28.3 Å². The lowest BCUT2D eigenvalue weighted by molar-refractivity contribution is 0.660. The van der Waals surface area contributed by atoms with E-state index >= 15 is 0 Å². The molecule has 1 aliphatic rings. The normalized spacial score (nSPS) is 14.6. The summed E-state index contributed by atoms with van der Waals surface area (Å²) in [6.45, 7) is 0. The molecule has 0 saturated carbocycles. The van der Waals surface area contributed by atoms with E-state index in [1.165, 1.54) is 24.1 Å². The van der Waals surface area contributed by atoms with Gasteiger partial charge in [0.05, 0.1) is 0 Å². The molecule has 0 atom stereocenters. The highest BCUT2D eigenvalue weighted by molar-refractivity contribution is 7.71. The maximum atomic E-state index is 5.38. The molecular weight excluding hydrogens is 232 g/mol. The zero-order valence-electron chi connectivity index (χ0n) is 9.73. The average Bonchev–Trinajstić information content (AvgIpc) is 2.75. The number of fused-ring (bicyclic) bond motifs is 1. The van der Waals surface area contributed by atoms with E-state index in [0.717, 1.165) is 29.1 Å². The van der Waals surface area contributed by atoms with Gasteiger partial charge in [0.25, 0.3) is 0 Å². The van der Waals surface area contributed by atoms with Gasteiger partial charge >= 0.3 is 0 Å². The van der Waals surface area contributed by atoms with E-state index in [-0.39, 0.29) is 0 Å². The van der Waals surface area contributed by atoms with Crippen LogP contribution in [0.5, 0.6) is 0 Å². The number of nitrogens with zero attached hydrogens (tertiary/aromatic N) is 3. The molecule has 3 rings (SSSR count). The molecular formula is C12H14N4S. The van der Waals surface area contributed by atoms with Crippen LogP contribution in [0, 0.1) is 4.64 Å². The number of hydrogen-bond donors (Lipinski definition) is 1. The topological polar surface area (TPSA) is 46.5 Å². The highest BCUT2D eigenvalue weighted by atomic mass is 32.1. The molecule has 0 radical (unpaired) electrons. The number of rotatable bonds is 1. The van der Waals surface area contributed by atoms with Gasteiger partial charge in [0, 0.05) is 30.7 Å². The molecule has 17 heavy (non-hydrogen) atoms. The van der Waals surface area contributed by atoms with Crippen LogP contribution in [0.2, 0.25) is 0 Å². The van der Waals surface area contributed by atoms with Crippen molar-refractivity contribution in [2.45, 2.75) is 25.7 Å². The summed E-state index contributed by atoms with van der Waals surface area (Å²) in [5, 5.41) is 0. The molecule has 0 fully saturated rings. The van der Waals surface area contributed by atoms with E-state index in [1.807, 2.05) is 17.8 Å². The lowest BCUT2D eigenvalue weighted by Crippen LogP contribution is -2.09. The Bertz CT molecular complexity index is 611. The first-order chi connectivity index (χ1) is 8.25. The molecule has 0 saturated heterocycles. The van der Waals surface area contributed by atoms with E-state index in [1.54, 1.807) is 6.20 Å². The Hall–Kier alpha value is -1.49. The summed E-state index contributed by atoms with van der Waals surface area (Å²) < 4.78 is 2.68. The molecule has 0 aliphatic heterocycles. The van der Waals surface area contributed by atoms with Crippen LogP contribution in [0.1, 0.15) is 24.1 Å². The van der Waals surface area contributed by atoms with Crippen LogP contribution < -0.4 is 0 Å². The van der Waals surface area contributed by atoms with Gasteiger partial charge in [-0.2, -0.15) is 0 Å². The summed E-state index contributed by atoms with van der Waals surface area (Å²) in [6.07, 6.45) is 8.24. The van der Waals surface area contributed by atoms with Crippen molar-refractivity contribution in [3.8, 4) is 11.6 Å². The van der Waals surface area contributed by atoms with E-state index in [4.69, 9.17) is 12.2 Å². The third-order valence-electron chi connectivity index (χ3n) is 3.24. The first-order valence-electron chi connectivity index (χ1n) is 5.85. The van der Waals surface area contributed by atoms with Crippen LogP contribution in [-0.4, -0.2) is 19.5 Å². The molecule has 4 nitrogen and oxygen atoms in total. The fourth-order valence-corrected chi connectivity index (χ4v) is 2.64. The fraction of sp³-hybridized carbons (Fsp3) is 0.417. The van der Waals surface area contributed by atoms with Crippen LogP contribution in [0.15, 0.2) is 12.4 Å². The van der Waals surface area contributed by atoms with Crippen molar-refractivity contribution in [2.24, 2.45) is 7.05 Å². The third kappa shape index (κ3) is 1.80. The molecule has 5 heteroatoms. The number of aryl methyl sites for hydroxylation is 2. The van der Waals surface area contributed by atoms with Crippen molar-refractivity contribution in [3.63, 3.8) is 0 Å². The van der Waals surface area contributed by atoms with Crippen LogP contribution in [0.25, 0.3) is 11.6 Å². The van der Waals surface area contributed by atoms with Crippen molar-refractivity contribution >= 4 is 12.2 Å². The quantitative estimate of drug-likeness (QED) is 0.786. The smallest absolute Gasteiger partial charge is 0.175 e. The number of aromatic amines is 1. The summed E-state index contributed by atoms with van der Waals surface area (Å²) in [7, 11) is 1.96. The largest absolute Gasteiger partial charge is 0.340 e. The third-order valence-corrected chi connectivity index (χ3v) is 3.58. The zero-order valence-corrected chi connectivity index (χ0v) is 10.5. The molecule has 88 valence electrons. The van der Waals surface area contributed by atoms with E-state index in [9.17, 15) is 0 Å². The lowest BCUT2D eigenvalue weighted by Gasteiger charge is -2.16. The second-order valence-electron chi connectivity index (χ2n) is 4.42. The van der Waals surface area contributed by atoms with Gasteiger partial charge in [-0.15, -0.1) is 0 Å². The Morgan fingerprint density at radius 2 is 2.18 bits per heavy atom. The summed E-state index contributed by atoms with van der Waals surface area (Å²) in [5.74, 6) is 1.62. The maximum absolute atomic E-state index is 5.38. The van der Waals surface area contributed by atoms with Gasteiger partial charge in [0.15, 0.2) is 11.6 Å². The number of hydrogen-bond acceptors (Lipinski definition) is 3. The van der Waals surface area contributed by atoms with Crippen molar-refractivity contribution in [1.29, 1.82) is 0 Å². The Balaban J connectivity index is 2.17. The predicted molar refractivity (Wildman–Crippen MR) is 68.3 cm³/mol. The van der Waals surface area contributed by atoms with Gasteiger partial charge in [-0.25, -0.2) is 9.97 Å². The lowest BCUT2D eigenvalue weighted by atomic mass is 9.97. The minimum Gasteiger partial charge on any atom is -0.340 e. The van der Waals surface area contributed by atoms with Crippen LogP contribution >= 0.6 is 12.2 Å². The Labute approximate surface area is 105 Å². The second-order valence-corrected chi connectivity index (χ2v) is 4.80. The number of H-pyrrole nitrogens is 1. The van der Waals surface area contributed by atoms with E-state index < -0.39 is 0 Å². The van der Waals surface area contributed by atoms with E-state index in [2.05, 4.69) is 15.0 Å². The Kier molecular flexibility index (Phi) is 2.55. The summed E-state index contributed by atoms with van der Waals surface area (Å²) in [4.78, 5) is 12.2. The van der Waals surface area contributed by atoms with Gasteiger partial charge in [-0.1, -0.05) is 12.2 Å². The molecule has 1 N–H and O–H groups in total. The summed E-state index contributed by atoms with van der Waals surface area (Å²) >= 11 is 5.38. The SMILES string of the molecule is Cn1ccnc1-c1nc(=S)c2c([nH]1)CCCC2. The molecule has 1 aliphatic carbocycles. The highest BCUT2D eigenvalue weighted by Gasteiger charge is 2.15. The molecule has 2 aromatic rings. The standard InChI is InChI=1S/C12H14N4S/c1-16-7-6-13-11(16)10-14-9-5-3-2-4-8(9)12(17)15-10/h6-7H,2-5H2,1H3,(H,14,15,17). The monoisotopic (exact) mass is 246 g/mol. The first-order valence-corrected chi connectivity index (χ1v) is 6.26. The molecule has 0 amide bonds. The molecule has 0 unspecified atom stereocenters. The van der Waals surface area contributed by atoms with Crippen LogP contribution in [0.4, 0.5) is 0 Å². The van der Waals surface area contributed by atoms with Gasteiger partial charge in [0.2, 0.25) is 0 Å². The first kappa shape index (κ1) is 10.7.